The molecule has 4 amide bonds. The van der Waals surface area contributed by atoms with E-state index in [1.54, 1.807) is 18.2 Å². The van der Waals surface area contributed by atoms with E-state index in [1.807, 2.05) is 53.2 Å². The molecule has 1 aromatic heterocycles. The van der Waals surface area contributed by atoms with Crippen molar-refractivity contribution in [1.29, 1.82) is 5.26 Å². The lowest BCUT2D eigenvalue weighted by Crippen LogP contribution is -2.54. The van der Waals surface area contributed by atoms with Gasteiger partial charge in [0.1, 0.15) is 5.57 Å². The molecule has 180 valence electrons. The summed E-state index contributed by atoms with van der Waals surface area (Å²) < 4.78 is 12.6. The third-order valence-electron chi connectivity index (χ3n) is 6.31. The second-order valence-electron chi connectivity index (χ2n) is 8.49. The number of barbiturate groups is 1. The summed E-state index contributed by atoms with van der Waals surface area (Å²) in [5.74, 6) is -0.620. The zero-order chi connectivity index (χ0) is 25.5. The van der Waals surface area contributed by atoms with Crippen LogP contribution in [0.15, 0.2) is 78.5 Å². The fraction of sp³-hybridized carbons (Fsp3) is 0.0714. The van der Waals surface area contributed by atoms with Gasteiger partial charge in [0.25, 0.3) is 11.8 Å². The lowest BCUT2D eigenvalue weighted by Gasteiger charge is -2.26. The second kappa shape index (κ2) is 8.70. The second-order valence-corrected chi connectivity index (χ2v) is 8.49. The van der Waals surface area contributed by atoms with Crippen LogP contribution in [-0.2, 0) is 16.1 Å². The minimum Gasteiger partial charge on any atom is -0.454 e. The Balaban J connectivity index is 1.41. The van der Waals surface area contributed by atoms with Crippen LogP contribution in [0.5, 0.6) is 11.5 Å². The molecule has 3 aromatic carbocycles. The summed E-state index contributed by atoms with van der Waals surface area (Å²) >= 11 is 0. The Bertz CT molecular complexity index is 1690. The van der Waals surface area contributed by atoms with Gasteiger partial charge in [-0.25, -0.2) is 9.69 Å². The van der Waals surface area contributed by atoms with Crippen molar-refractivity contribution in [2.75, 3.05) is 11.7 Å². The van der Waals surface area contributed by atoms with E-state index in [2.05, 4.69) is 11.4 Å². The number of urea groups is 1. The Hall–Kier alpha value is -5.36. The molecule has 0 atom stereocenters. The smallest absolute Gasteiger partial charge is 0.335 e. The van der Waals surface area contributed by atoms with E-state index in [4.69, 9.17) is 9.47 Å². The number of fused-ring (bicyclic) bond motifs is 2. The minimum atomic E-state index is -0.846. The van der Waals surface area contributed by atoms with Crippen LogP contribution in [0.3, 0.4) is 0 Å². The highest BCUT2D eigenvalue weighted by molar-refractivity contribution is 6.39. The standard InChI is InChI=1S/C28H18N4O5/c29-13-17-5-1-2-6-18(17)14-31-15-19(21-7-3-4-8-23(21)31)11-22-26(33)30-28(35)32(27(22)34)20-9-10-24-25(12-20)37-16-36-24/h1-12,15H,14,16H2,(H,30,33,35)/b22-11+. The number of anilines is 1. The molecule has 3 heterocycles. The van der Waals surface area contributed by atoms with Crippen LogP contribution in [0.4, 0.5) is 10.5 Å². The van der Waals surface area contributed by atoms with E-state index >= 15 is 0 Å². The Morgan fingerprint density at radius 1 is 0.973 bits per heavy atom. The number of imide groups is 2. The molecule has 4 aromatic rings. The highest BCUT2D eigenvalue weighted by Gasteiger charge is 2.37. The van der Waals surface area contributed by atoms with Crippen LogP contribution >= 0.6 is 0 Å². The summed E-state index contributed by atoms with van der Waals surface area (Å²) in [6.45, 7) is 0.473. The molecule has 9 heteroatoms. The van der Waals surface area contributed by atoms with Gasteiger partial charge in [0.2, 0.25) is 6.79 Å². The average molecular weight is 490 g/mol. The fourth-order valence-corrected chi connectivity index (χ4v) is 4.54. The van der Waals surface area contributed by atoms with Crippen LogP contribution in [0.1, 0.15) is 16.7 Å². The normalized spacial score (nSPS) is 15.8. The summed E-state index contributed by atoms with van der Waals surface area (Å²) in [6.07, 6.45) is 3.31. The Kier molecular flexibility index (Phi) is 5.20. The van der Waals surface area contributed by atoms with E-state index in [-0.39, 0.29) is 18.1 Å². The lowest BCUT2D eigenvalue weighted by atomic mass is 10.1. The number of ether oxygens (including phenoxy) is 2. The number of para-hydroxylation sites is 1. The predicted molar refractivity (Wildman–Crippen MR) is 134 cm³/mol. The Morgan fingerprint density at radius 3 is 2.62 bits per heavy atom. The first-order chi connectivity index (χ1) is 18.0. The maximum atomic E-state index is 13.4. The number of nitriles is 1. The number of carbonyl (C=O) groups is 3. The zero-order valence-electron chi connectivity index (χ0n) is 19.3. The van der Waals surface area contributed by atoms with E-state index < -0.39 is 17.8 Å². The number of nitrogens with one attached hydrogen (secondary N) is 1. The summed E-state index contributed by atoms with van der Waals surface area (Å²) in [5.41, 5.74) is 2.98. The molecule has 37 heavy (non-hydrogen) atoms. The topological polar surface area (TPSA) is 114 Å². The fourth-order valence-electron chi connectivity index (χ4n) is 4.54. The molecular formula is C28H18N4O5. The molecule has 0 saturated carbocycles. The van der Waals surface area contributed by atoms with Gasteiger partial charge in [-0.1, -0.05) is 36.4 Å². The first-order valence-corrected chi connectivity index (χ1v) is 11.4. The number of nitrogens with zero attached hydrogens (tertiary/aromatic N) is 3. The number of hydrogen-bond acceptors (Lipinski definition) is 6. The monoisotopic (exact) mass is 490 g/mol. The van der Waals surface area contributed by atoms with Gasteiger partial charge in [-0.15, -0.1) is 0 Å². The number of benzene rings is 3. The molecule has 6 rings (SSSR count). The minimum absolute atomic E-state index is 0.0471. The predicted octanol–water partition coefficient (Wildman–Crippen LogP) is 3.96. The van der Waals surface area contributed by atoms with Crippen LogP contribution in [0, 0.1) is 11.3 Å². The summed E-state index contributed by atoms with van der Waals surface area (Å²) in [4.78, 5) is 39.7. The first-order valence-electron chi connectivity index (χ1n) is 11.4. The maximum absolute atomic E-state index is 13.4. The summed E-state index contributed by atoms with van der Waals surface area (Å²) in [7, 11) is 0. The molecular weight excluding hydrogens is 472 g/mol. The average Bonchev–Trinajstić information content (AvgIpc) is 3.51. The van der Waals surface area contributed by atoms with Crippen LogP contribution in [0.25, 0.3) is 17.0 Å². The van der Waals surface area contributed by atoms with Crippen molar-refractivity contribution in [1.82, 2.24) is 9.88 Å². The van der Waals surface area contributed by atoms with Crippen molar-refractivity contribution in [3.63, 3.8) is 0 Å². The molecule has 1 N–H and O–H groups in total. The van der Waals surface area contributed by atoms with Gasteiger partial charge in [0.05, 0.1) is 17.3 Å². The maximum Gasteiger partial charge on any atom is 0.335 e. The van der Waals surface area contributed by atoms with Gasteiger partial charge in [0, 0.05) is 35.3 Å². The molecule has 0 bridgehead atoms. The van der Waals surface area contributed by atoms with Gasteiger partial charge in [-0.2, -0.15) is 5.26 Å². The van der Waals surface area contributed by atoms with Gasteiger partial charge in [0.15, 0.2) is 11.5 Å². The van der Waals surface area contributed by atoms with E-state index in [9.17, 15) is 19.6 Å². The molecule has 1 fully saturated rings. The zero-order valence-corrected chi connectivity index (χ0v) is 19.3. The number of hydrogen-bond donors (Lipinski definition) is 1. The number of amides is 4. The third-order valence-corrected chi connectivity index (χ3v) is 6.31. The van der Waals surface area contributed by atoms with Crippen molar-refractivity contribution in [3.8, 4) is 17.6 Å². The molecule has 1 saturated heterocycles. The van der Waals surface area contributed by atoms with Crippen molar-refractivity contribution < 1.29 is 23.9 Å². The Labute approximate surface area is 210 Å². The number of carbonyl (C=O) groups excluding carboxylic acids is 3. The van der Waals surface area contributed by atoms with E-state index in [0.29, 0.717) is 29.2 Å². The van der Waals surface area contributed by atoms with Crippen LogP contribution in [0.2, 0.25) is 0 Å². The quantitative estimate of drug-likeness (QED) is 0.342. The van der Waals surface area contributed by atoms with Gasteiger partial charge < -0.3 is 14.0 Å². The molecule has 0 radical (unpaired) electrons. The molecule has 0 unspecified atom stereocenters. The first kappa shape index (κ1) is 22.1. The van der Waals surface area contributed by atoms with E-state index in [1.165, 1.54) is 12.1 Å². The molecule has 0 spiro atoms. The largest absolute Gasteiger partial charge is 0.454 e. The Morgan fingerprint density at radius 2 is 1.76 bits per heavy atom. The number of rotatable bonds is 4. The van der Waals surface area contributed by atoms with E-state index in [0.717, 1.165) is 21.4 Å². The van der Waals surface area contributed by atoms with Crippen molar-refractivity contribution in [2.45, 2.75) is 6.54 Å². The van der Waals surface area contributed by atoms with Gasteiger partial charge >= 0.3 is 6.03 Å². The van der Waals surface area contributed by atoms with Crippen molar-refractivity contribution in [2.24, 2.45) is 0 Å². The highest BCUT2D eigenvalue weighted by Crippen LogP contribution is 2.36. The molecule has 0 aliphatic carbocycles. The molecule has 2 aliphatic rings. The lowest BCUT2D eigenvalue weighted by molar-refractivity contribution is -0.122. The van der Waals surface area contributed by atoms with Crippen molar-refractivity contribution >= 4 is 40.5 Å². The highest BCUT2D eigenvalue weighted by atomic mass is 16.7. The van der Waals surface area contributed by atoms with Gasteiger partial charge in [-0.05, 0) is 35.9 Å². The molecule has 2 aliphatic heterocycles. The summed E-state index contributed by atoms with van der Waals surface area (Å²) in [5, 5.41) is 12.6. The summed E-state index contributed by atoms with van der Waals surface area (Å²) in [6, 6.07) is 20.9. The van der Waals surface area contributed by atoms with Gasteiger partial charge in [-0.3, -0.25) is 14.9 Å². The number of aromatic nitrogens is 1. The van der Waals surface area contributed by atoms with Crippen molar-refractivity contribution in [3.05, 3.63) is 95.2 Å². The SMILES string of the molecule is N#Cc1ccccc1Cn1cc(/C=C2\C(=O)NC(=O)N(c3ccc4c(c3)OCO4)C2=O)c2ccccc21. The van der Waals surface area contributed by atoms with Crippen LogP contribution < -0.4 is 19.7 Å². The third kappa shape index (κ3) is 3.77. The van der Waals surface area contributed by atoms with Crippen LogP contribution in [-0.4, -0.2) is 29.2 Å². The molecule has 9 nitrogen and oxygen atoms in total.